The van der Waals surface area contributed by atoms with Gasteiger partial charge in [-0.25, -0.2) is 9.52 Å². The van der Waals surface area contributed by atoms with E-state index in [0.717, 1.165) is 4.72 Å². The third-order valence-corrected chi connectivity index (χ3v) is 2.52. The molecule has 0 radical (unpaired) electrons. The van der Waals surface area contributed by atoms with Crippen LogP contribution in [0, 0.1) is 0 Å². The first-order valence-corrected chi connectivity index (χ1v) is 5.56. The van der Waals surface area contributed by atoms with Crippen LogP contribution in [0.25, 0.3) is 0 Å². The predicted octanol–water partition coefficient (Wildman–Crippen LogP) is -1.26. The van der Waals surface area contributed by atoms with Crippen LogP contribution in [0.15, 0.2) is 30.3 Å². The van der Waals surface area contributed by atoms with Gasteiger partial charge in [-0.15, -0.1) is 0 Å². The van der Waals surface area contributed by atoms with Crippen molar-refractivity contribution in [3.05, 3.63) is 30.3 Å². The van der Waals surface area contributed by atoms with Gasteiger partial charge in [0.05, 0.1) is 0 Å². The van der Waals surface area contributed by atoms with Gasteiger partial charge in [-0.1, -0.05) is 18.2 Å². The number of alkyl halides is 3. The molecule has 0 aliphatic carbocycles. The van der Waals surface area contributed by atoms with Crippen LogP contribution in [-0.4, -0.2) is 20.0 Å². The predicted molar refractivity (Wildman–Crippen MR) is 51.7 cm³/mol. The van der Waals surface area contributed by atoms with Crippen molar-refractivity contribution in [2.24, 2.45) is 0 Å². The van der Waals surface area contributed by atoms with E-state index < -0.39 is 21.6 Å². The van der Waals surface area contributed by atoms with Gasteiger partial charge in [0.15, 0.2) is 0 Å². The zero-order chi connectivity index (χ0) is 13.1. The van der Waals surface area contributed by atoms with Crippen molar-refractivity contribution in [1.29, 1.82) is 0 Å². The SMILES string of the molecule is O=C(NS(=O)(=O)C(F)(F)F)Oc1ccccc1.[H-].[Li+]. The molecule has 10 heteroatoms. The molecule has 0 saturated heterocycles. The summed E-state index contributed by atoms with van der Waals surface area (Å²) < 4.78 is 61.7. The minimum absolute atomic E-state index is 0. The summed E-state index contributed by atoms with van der Waals surface area (Å²) in [4.78, 5) is 10.9. The molecule has 96 valence electrons. The zero-order valence-electron chi connectivity index (χ0n) is 10.1. The number of carbonyl (C=O) groups excluding carboxylic acids is 1. The number of nitrogens with one attached hydrogen (secondary N) is 1. The van der Waals surface area contributed by atoms with Gasteiger partial charge in [0.25, 0.3) is 0 Å². The number of para-hydroxylation sites is 1. The first-order valence-electron chi connectivity index (χ1n) is 4.08. The summed E-state index contributed by atoms with van der Waals surface area (Å²) in [6.07, 6.45) is -1.73. The zero-order valence-corrected chi connectivity index (χ0v) is 9.88. The van der Waals surface area contributed by atoms with Crippen LogP contribution in [0.3, 0.4) is 0 Å². The fourth-order valence-corrected chi connectivity index (χ4v) is 1.16. The van der Waals surface area contributed by atoms with Gasteiger partial charge in [-0.2, -0.15) is 21.6 Å². The average Bonchev–Trinajstić information content (AvgIpc) is 2.16. The van der Waals surface area contributed by atoms with Gasteiger partial charge in [0, 0.05) is 0 Å². The van der Waals surface area contributed by atoms with Gasteiger partial charge in [-0.05, 0) is 12.1 Å². The molecule has 18 heavy (non-hydrogen) atoms. The van der Waals surface area contributed by atoms with Crippen molar-refractivity contribution in [2.45, 2.75) is 5.51 Å². The number of carbonyl (C=O) groups is 1. The molecule has 0 saturated carbocycles. The van der Waals surface area contributed by atoms with Gasteiger partial charge >= 0.3 is 40.5 Å². The Morgan fingerprint density at radius 3 is 2.17 bits per heavy atom. The average molecular weight is 277 g/mol. The van der Waals surface area contributed by atoms with Crippen LogP contribution < -0.4 is 28.3 Å². The molecule has 0 aromatic heterocycles. The van der Waals surface area contributed by atoms with E-state index in [2.05, 4.69) is 4.74 Å². The quantitative estimate of drug-likeness (QED) is 0.685. The third-order valence-electron chi connectivity index (χ3n) is 1.48. The second-order valence-electron chi connectivity index (χ2n) is 2.75. The minimum Gasteiger partial charge on any atom is -1.00 e. The largest absolute Gasteiger partial charge is 1.00 e. The summed E-state index contributed by atoms with van der Waals surface area (Å²) in [6, 6.07) is 7.05. The van der Waals surface area contributed by atoms with E-state index in [0.29, 0.717) is 0 Å². The normalized spacial score (nSPS) is 11.3. The molecule has 1 aromatic rings. The Bertz CT molecular complexity index is 508. The first-order chi connectivity index (χ1) is 7.72. The number of hydrogen-bond acceptors (Lipinski definition) is 4. The van der Waals surface area contributed by atoms with Crippen LogP contribution in [0.2, 0.25) is 0 Å². The Morgan fingerprint density at radius 1 is 1.22 bits per heavy atom. The molecular formula is C8H7F3LiNO4S. The van der Waals surface area contributed by atoms with Crippen LogP contribution in [0.1, 0.15) is 1.43 Å². The number of ether oxygens (including phenoxy) is 1. The molecule has 0 atom stereocenters. The molecule has 0 bridgehead atoms. The van der Waals surface area contributed by atoms with Crippen molar-refractivity contribution in [2.75, 3.05) is 0 Å². The molecule has 1 aromatic carbocycles. The Morgan fingerprint density at radius 2 is 1.72 bits per heavy atom. The maximum absolute atomic E-state index is 11.9. The molecule has 0 unspecified atom stereocenters. The standard InChI is InChI=1S/C8H6F3NO4S.Li.H/c9-8(10,11)17(14,15)12-7(13)16-6-4-2-1-3-5-6;;/h1-5H,(H,12,13);;/q;+1;-1. The van der Waals surface area contributed by atoms with Gasteiger partial charge in [0.2, 0.25) is 0 Å². The minimum atomic E-state index is -5.74. The number of benzene rings is 1. The monoisotopic (exact) mass is 277 g/mol. The summed E-state index contributed by atoms with van der Waals surface area (Å²) in [5.74, 6) is -0.0811. The Hall–Kier alpha value is -1.17. The topological polar surface area (TPSA) is 72.5 Å². The van der Waals surface area contributed by atoms with Gasteiger partial charge in [0.1, 0.15) is 5.75 Å². The fraction of sp³-hybridized carbons (Fsp3) is 0.125. The van der Waals surface area contributed by atoms with E-state index >= 15 is 0 Å². The number of sulfonamides is 1. The molecule has 0 fully saturated rings. The second kappa shape index (κ2) is 6.13. The van der Waals surface area contributed by atoms with Crippen molar-refractivity contribution >= 4 is 16.1 Å². The summed E-state index contributed by atoms with van der Waals surface area (Å²) in [5, 5.41) is 0. The molecular weight excluding hydrogens is 270 g/mol. The van der Waals surface area contributed by atoms with E-state index in [1.54, 1.807) is 6.07 Å². The molecule has 0 aliphatic rings. The van der Waals surface area contributed by atoms with E-state index in [1.165, 1.54) is 24.3 Å². The molecule has 1 amide bonds. The van der Waals surface area contributed by atoms with Crippen molar-refractivity contribution in [1.82, 2.24) is 4.72 Å². The maximum atomic E-state index is 11.9. The summed E-state index contributed by atoms with van der Waals surface area (Å²) in [6.45, 7) is 0. The van der Waals surface area contributed by atoms with E-state index in [1.807, 2.05) is 0 Å². The summed E-state index contributed by atoms with van der Waals surface area (Å²) in [5.41, 5.74) is -5.57. The van der Waals surface area contributed by atoms with Crippen molar-refractivity contribution in [3.8, 4) is 5.75 Å². The maximum Gasteiger partial charge on any atom is 1.00 e. The Labute approximate surface area is 114 Å². The van der Waals surface area contributed by atoms with E-state index in [9.17, 15) is 26.4 Å². The summed E-state index contributed by atoms with van der Waals surface area (Å²) >= 11 is 0. The van der Waals surface area contributed by atoms with Crippen LogP contribution >= 0.6 is 0 Å². The van der Waals surface area contributed by atoms with E-state index in [4.69, 9.17) is 0 Å². The molecule has 0 aliphatic heterocycles. The fourth-order valence-electron chi connectivity index (χ4n) is 0.784. The van der Waals surface area contributed by atoms with Crippen LogP contribution in [0.4, 0.5) is 18.0 Å². The van der Waals surface area contributed by atoms with Crippen LogP contribution in [-0.2, 0) is 10.0 Å². The molecule has 1 N–H and O–H groups in total. The third kappa shape index (κ3) is 4.60. The molecule has 0 spiro atoms. The number of hydrogen-bond donors (Lipinski definition) is 1. The van der Waals surface area contributed by atoms with Crippen molar-refractivity contribution < 1.29 is 51.4 Å². The van der Waals surface area contributed by atoms with Gasteiger partial charge < -0.3 is 6.16 Å². The second-order valence-corrected chi connectivity index (χ2v) is 4.43. The Balaban J connectivity index is 0. The van der Waals surface area contributed by atoms with E-state index in [-0.39, 0.29) is 26.0 Å². The number of rotatable bonds is 2. The number of halogens is 3. The summed E-state index contributed by atoms with van der Waals surface area (Å²) in [7, 11) is -5.74. The van der Waals surface area contributed by atoms with Crippen LogP contribution in [0.5, 0.6) is 5.75 Å². The van der Waals surface area contributed by atoms with Gasteiger partial charge in [-0.3, -0.25) is 0 Å². The Kier molecular flexibility index (Phi) is 5.73. The first kappa shape index (κ1) is 16.8. The molecule has 1 rings (SSSR count). The van der Waals surface area contributed by atoms with Crippen molar-refractivity contribution in [3.63, 3.8) is 0 Å². The smallest absolute Gasteiger partial charge is 1.00 e. The molecule has 5 nitrogen and oxygen atoms in total. The molecule has 0 heterocycles. The number of amides is 1.